The van der Waals surface area contributed by atoms with Gasteiger partial charge in [-0.25, -0.2) is 13.2 Å². The number of nitrogens with one attached hydrogen (secondary N) is 1. The van der Waals surface area contributed by atoms with Crippen molar-refractivity contribution in [2.24, 2.45) is 0 Å². The molecule has 2 aromatic rings. The van der Waals surface area contributed by atoms with E-state index >= 15 is 0 Å². The van der Waals surface area contributed by atoms with Crippen molar-refractivity contribution in [3.05, 3.63) is 58.6 Å². The summed E-state index contributed by atoms with van der Waals surface area (Å²) in [7, 11) is -3.28. The van der Waals surface area contributed by atoms with Crippen LogP contribution in [-0.4, -0.2) is 31.7 Å². The van der Waals surface area contributed by atoms with Crippen LogP contribution in [0.1, 0.15) is 19.3 Å². The van der Waals surface area contributed by atoms with Gasteiger partial charge in [0.15, 0.2) is 9.84 Å². The van der Waals surface area contributed by atoms with Crippen LogP contribution in [0.15, 0.2) is 58.5 Å². The summed E-state index contributed by atoms with van der Waals surface area (Å²) in [6.45, 7) is 0. The lowest BCUT2D eigenvalue weighted by Gasteiger charge is -2.10. The number of carboxylic acid groups (broad SMARTS) is 1. The Balaban J connectivity index is 1.82. The van der Waals surface area contributed by atoms with Gasteiger partial charge in [0.05, 0.1) is 9.92 Å². The maximum Gasteiger partial charge on any atom is 0.332 e. The molecule has 146 valence electrons. The number of hydrogen-bond donors (Lipinski definition) is 2. The van der Waals surface area contributed by atoms with Crippen molar-refractivity contribution >= 4 is 39.0 Å². The minimum Gasteiger partial charge on any atom is -0.478 e. The van der Waals surface area contributed by atoms with E-state index in [4.69, 9.17) is 11.6 Å². The van der Waals surface area contributed by atoms with Crippen molar-refractivity contribution < 1.29 is 23.1 Å². The quantitative estimate of drug-likeness (QED) is 0.765. The average molecular weight is 420 g/mol. The first-order valence-electron chi connectivity index (χ1n) is 8.53. The number of carbonyl (C=O) groups excluding carboxylic acids is 1. The van der Waals surface area contributed by atoms with E-state index in [2.05, 4.69) is 5.32 Å². The first-order valence-corrected chi connectivity index (χ1v) is 10.8. The van der Waals surface area contributed by atoms with Crippen LogP contribution in [0.5, 0.6) is 0 Å². The van der Waals surface area contributed by atoms with Crippen LogP contribution in [0, 0.1) is 0 Å². The number of rotatable bonds is 5. The lowest BCUT2D eigenvalue weighted by atomic mass is 10.1. The van der Waals surface area contributed by atoms with Gasteiger partial charge in [0.2, 0.25) is 0 Å². The van der Waals surface area contributed by atoms with Crippen LogP contribution in [0.4, 0.5) is 5.69 Å². The molecule has 0 saturated heterocycles. The van der Waals surface area contributed by atoms with Crippen LogP contribution in [-0.2, 0) is 19.4 Å². The van der Waals surface area contributed by atoms with E-state index in [0.29, 0.717) is 41.1 Å². The highest BCUT2D eigenvalue weighted by Crippen LogP contribution is 2.32. The van der Waals surface area contributed by atoms with E-state index < -0.39 is 21.7 Å². The lowest BCUT2D eigenvalue weighted by molar-refractivity contribution is -0.133. The number of halogens is 1. The number of amides is 1. The van der Waals surface area contributed by atoms with Crippen LogP contribution in [0.3, 0.4) is 0 Å². The van der Waals surface area contributed by atoms with Crippen LogP contribution in [0.2, 0.25) is 5.02 Å². The highest BCUT2D eigenvalue weighted by atomic mass is 35.5. The summed E-state index contributed by atoms with van der Waals surface area (Å²) in [4.78, 5) is 23.8. The van der Waals surface area contributed by atoms with Gasteiger partial charge in [0, 0.05) is 28.7 Å². The molecule has 0 aliphatic heterocycles. The zero-order chi connectivity index (χ0) is 20.5. The summed E-state index contributed by atoms with van der Waals surface area (Å²) in [5, 5.41) is 12.3. The fourth-order valence-electron chi connectivity index (χ4n) is 3.15. The van der Waals surface area contributed by atoms with Gasteiger partial charge in [-0.2, -0.15) is 0 Å². The van der Waals surface area contributed by atoms with Crippen molar-refractivity contribution in [3.63, 3.8) is 0 Å². The Morgan fingerprint density at radius 3 is 2.25 bits per heavy atom. The Hall–Kier alpha value is -2.64. The van der Waals surface area contributed by atoms with E-state index in [-0.39, 0.29) is 10.5 Å². The first kappa shape index (κ1) is 20.1. The predicted molar refractivity (Wildman–Crippen MR) is 107 cm³/mol. The average Bonchev–Trinajstić information content (AvgIpc) is 3.11. The molecule has 2 aromatic carbocycles. The molecule has 3 rings (SSSR count). The Kier molecular flexibility index (Phi) is 5.58. The van der Waals surface area contributed by atoms with Gasteiger partial charge in [-0.3, -0.25) is 4.79 Å². The van der Waals surface area contributed by atoms with Gasteiger partial charge in [-0.05, 0) is 49.1 Å². The van der Waals surface area contributed by atoms with Crippen molar-refractivity contribution in [1.82, 2.24) is 0 Å². The van der Waals surface area contributed by atoms with Crippen molar-refractivity contribution in [2.45, 2.75) is 24.2 Å². The molecular weight excluding hydrogens is 402 g/mol. The highest BCUT2D eigenvalue weighted by Gasteiger charge is 2.25. The Labute approximate surface area is 167 Å². The minimum absolute atomic E-state index is 0.159. The third-order valence-electron chi connectivity index (χ3n) is 4.57. The molecule has 1 aliphatic carbocycles. The number of hydrogen-bond acceptors (Lipinski definition) is 4. The monoisotopic (exact) mass is 419 g/mol. The van der Waals surface area contributed by atoms with Gasteiger partial charge in [0.25, 0.3) is 5.91 Å². The zero-order valence-electron chi connectivity index (χ0n) is 15.0. The van der Waals surface area contributed by atoms with Gasteiger partial charge in [-0.1, -0.05) is 29.8 Å². The molecule has 1 amide bonds. The summed E-state index contributed by atoms with van der Waals surface area (Å²) in [6.07, 6.45) is 2.61. The summed E-state index contributed by atoms with van der Waals surface area (Å²) in [5.74, 6) is -1.50. The van der Waals surface area contributed by atoms with E-state index in [9.17, 15) is 23.1 Å². The number of carbonyl (C=O) groups is 2. The Morgan fingerprint density at radius 2 is 1.68 bits per heavy atom. The maximum absolute atomic E-state index is 12.4. The number of aliphatic carboxylic acids is 1. The van der Waals surface area contributed by atoms with Gasteiger partial charge in [0.1, 0.15) is 0 Å². The largest absolute Gasteiger partial charge is 0.478 e. The second-order valence-electron chi connectivity index (χ2n) is 6.56. The number of benzene rings is 2. The second kappa shape index (κ2) is 7.77. The standard InChI is InChI=1S/C20H18ClNO5S/c1-28(26,27)14-8-5-12(6-9-14)15-10-7-13(11-18(15)21)22-19(23)16-3-2-4-17(16)20(24)25/h5-11H,2-4H2,1H3,(H,22,23)(H,24,25). The summed E-state index contributed by atoms with van der Waals surface area (Å²) < 4.78 is 23.1. The topological polar surface area (TPSA) is 101 Å². The fourth-order valence-corrected chi connectivity index (χ4v) is 4.07. The van der Waals surface area contributed by atoms with Crippen LogP contribution in [0.25, 0.3) is 11.1 Å². The highest BCUT2D eigenvalue weighted by molar-refractivity contribution is 7.90. The number of sulfone groups is 1. The second-order valence-corrected chi connectivity index (χ2v) is 8.98. The minimum atomic E-state index is -3.28. The molecule has 0 radical (unpaired) electrons. The molecule has 6 nitrogen and oxygen atoms in total. The third-order valence-corrected chi connectivity index (χ3v) is 6.01. The molecule has 0 saturated carbocycles. The van der Waals surface area contributed by atoms with Crippen molar-refractivity contribution in [2.75, 3.05) is 11.6 Å². The third kappa shape index (κ3) is 4.26. The molecule has 0 atom stereocenters. The SMILES string of the molecule is CS(=O)(=O)c1ccc(-c2ccc(NC(=O)C3=C(C(=O)O)CCC3)cc2Cl)cc1. The van der Waals surface area contributed by atoms with Gasteiger partial charge >= 0.3 is 5.97 Å². The van der Waals surface area contributed by atoms with E-state index in [0.717, 1.165) is 11.8 Å². The molecular formula is C20H18ClNO5S. The molecule has 0 unspecified atom stereocenters. The molecule has 2 N–H and O–H groups in total. The van der Waals surface area contributed by atoms with Crippen LogP contribution >= 0.6 is 11.6 Å². The van der Waals surface area contributed by atoms with E-state index in [1.165, 1.54) is 12.1 Å². The maximum atomic E-state index is 12.4. The smallest absolute Gasteiger partial charge is 0.332 e. The first-order chi connectivity index (χ1) is 13.2. The normalized spacial score (nSPS) is 14.2. The summed E-state index contributed by atoms with van der Waals surface area (Å²) in [6, 6.07) is 11.3. The fraction of sp³-hybridized carbons (Fsp3) is 0.200. The van der Waals surface area contributed by atoms with E-state index in [1.54, 1.807) is 30.3 Å². The summed E-state index contributed by atoms with van der Waals surface area (Å²) in [5.41, 5.74) is 2.33. The number of carboxylic acids is 1. The van der Waals surface area contributed by atoms with Gasteiger partial charge < -0.3 is 10.4 Å². The molecule has 8 heteroatoms. The molecule has 0 bridgehead atoms. The lowest BCUT2D eigenvalue weighted by Crippen LogP contribution is -2.16. The van der Waals surface area contributed by atoms with E-state index in [1.807, 2.05) is 0 Å². The van der Waals surface area contributed by atoms with Gasteiger partial charge in [-0.15, -0.1) is 0 Å². The number of anilines is 1. The van der Waals surface area contributed by atoms with Crippen molar-refractivity contribution in [3.8, 4) is 11.1 Å². The molecule has 28 heavy (non-hydrogen) atoms. The molecule has 0 spiro atoms. The molecule has 0 aromatic heterocycles. The molecule has 1 aliphatic rings. The molecule has 0 fully saturated rings. The Morgan fingerprint density at radius 1 is 1.04 bits per heavy atom. The van der Waals surface area contributed by atoms with Crippen LogP contribution < -0.4 is 5.32 Å². The Bertz CT molecular complexity index is 1090. The summed E-state index contributed by atoms with van der Waals surface area (Å²) >= 11 is 6.34. The molecule has 0 heterocycles. The van der Waals surface area contributed by atoms with Crippen molar-refractivity contribution in [1.29, 1.82) is 0 Å². The zero-order valence-corrected chi connectivity index (χ0v) is 16.6. The predicted octanol–water partition coefficient (Wildman–Crippen LogP) is 3.91.